The maximum absolute atomic E-state index is 12.6. The standard InChI is InChI=1S/C19H22N6O3/c1-3-19(28)12(2)23-25(18(19)27)14-7-4-6-13(10-14)17(26)20-11-16-22-21-15-8-5-9-24(15)16/h4,6-7,10,28H,3,5,8-9,11H2,1-2H3,(H,20,26)/t19-/m0/s1. The number of nitrogens with zero attached hydrogens (tertiary/aromatic N) is 5. The first-order valence-electron chi connectivity index (χ1n) is 9.36. The molecule has 0 radical (unpaired) electrons. The third-order valence-corrected chi connectivity index (χ3v) is 5.35. The molecule has 3 heterocycles. The molecule has 146 valence electrons. The van der Waals surface area contributed by atoms with Crippen LogP contribution in [0.5, 0.6) is 0 Å². The lowest BCUT2D eigenvalue weighted by Gasteiger charge is -2.20. The number of aromatic nitrogens is 3. The quantitative estimate of drug-likeness (QED) is 0.802. The summed E-state index contributed by atoms with van der Waals surface area (Å²) in [7, 11) is 0. The van der Waals surface area contributed by atoms with Gasteiger partial charge in [0.25, 0.3) is 11.8 Å². The third-order valence-electron chi connectivity index (χ3n) is 5.35. The highest BCUT2D eigenvalue weighted by Crippen LogP contribution is 2.29. The molecule has 0 bridgehead atoms. The number of fused-ring (bicyclic) bond motifs is 1. The van der Waals surface area contributed by atoms with Crippen molar-refractivity contribution in [2.45, 2.75) is 51.8 Å². The summed E-state index contributed by atoms with van der Waals surface area (Å²) >= 11 is 0. The van der Waals surface area contributed by atoms with E-state index in [9.17, 15) is 14.7 Å². The first kappa shape index (κ1) is 18.3. The predicted molar refractivity (Wildman–Crippen MR) is 102 cm³/mol. The molecule has 1 aromatic heterocycles. The minimum absolute atomic E-state index is 0.237. The van der Waals surface area contributed by atoms with Gasteiger partial charge in [0, 0.05) is 18.5 Å². The molecule has 28 heavy (non-hydrogen) atoms. The second kappa shape index (κ2) is 6.83. The number of benzene rings is 1. The van der Waals surface area contributed by atoms with Gasteiger partial charge in [-0.15, -0.1) is 10.2 Å². The van der Waals surface area contributed by atoms with Crippen LogP contribution in [-0.2, 0) is 24.3 Å². The van der Waals surface area contributed by atoms with E-state index >= 15 is 0 Å². The summed E-state index contributed by atoms with van der Waals surface area (Å²) in [6.07, 6.45) is 2.19. The number of carbonyl (C=O) groups excluding carboxylic acids is 2. The van der Waals surface area contributed by atoms with E-state index in [0.717, 1.165) is 36.0 Å². The van der Waals surface area contributed by atoms with E-state index in [-0.39, 0.29) is 18.9 Å². The summed E-state index contributed by atoms with van der Waals surface area (Å²) in [6, 6.07) is 6.61. The van der Waals surface area contributed by atoms with E-state index in [0.29, 0.717) is 17.0 Å². The average Bonchev–Trinajstić information content (AvgIpc) is 3.38. The highest BCUT2D eigenvalue weighted by molar-refractivity contribution is 6.21. The van der Waals surface area contributed by atoms with Crippen molar-refractivity contribution in [3.05, 3.63) is 41.5 Å². The lowest BCUT2D eigenvalue weighted by molar-refractivity contribution is -0.129. The predicted octanol–water partition coefficient (Wildman–Crippen LogP) is 1.02. The van der Waals surface area contributed by atoms with Gasteiger partial charge in [-0.2, -0.15) is 10.1 Å². The van der Waals surface area contributed by atoms with Crippen LogP contribution in [0.4, 0.5) is 5.69 Å². The van der Waals surface area contributed by atoms with E-state index in [1.54, 1.807) is 38.1 Å². The minimum Gasteiger partial charge on any atom is -0.374 e. The number of aliphatic hydroxyl groups is 1. The van der Waals surface area contributed by atoms with Gasteiger partial charge in [0.05, 0.1) is 17.9 Å². The Balaban J connectivity index is 1.49. The molecular weight excluding hydrogens is 360 g/mol. The number of hydrogen-bond donors (Lipinski definition) is 2. The van der Waals surface area contributed by atoms with Gasteiger partial charge in [-0.1, -0.05) is 13.0 Å². The van der Waals surface area contributed by atoms with Crippen molar-refractivity contribution in [2.75, 3.05) is 5.01 Å². The van der Waals surface area contributed by atoms with E-state index in [4.69, 9.17) is 0 Å². The third kappa shape index (κ3) is 2.88. The van der Waals surface area contributed by atoms with Gasteiger partial charge in [0.2, 0.25) is 0 Å². The van der Waals surface area contributed by atoms with Gasteiger partial charge in [0.1, 0.15) is 5.82 Å². The number of hydrogen-bond acceptors (Lipinski definition) is 6. The van der Waals surface area contributed by atoms with Crippen molar-refractivity contribution in [3.8, 4) is 0 Å². The first-order valence-corrected chi connectivity index (χ1v) is 9.36. The summed E-state index contributed by atoms with van der Waals surface area (Å²) in [5, 5.41) is 26.9. The molecule has 0 unspecified atom stereocenters. The van der Waals surface area contributed by atoms with Crippen LogP contribution in [0.2, 0.25) is 0 Å². The van der Waals surface area contributed by atoms with Crippen molar-refractivity contribution in [1.82, 2.24) is 20.1 Å². The molecule has 0 spiro atoms. The van der Waals surface area contributed by atoms with E-state index in [1.165, 1.54) is 0 Å². The van der Waals surface area contributed by atoms with E-state index in [1.807, 2.05) is 4.57 Å². The van der Waals surface area contributed by atoms with Crippen molar-refractivity contribution in [2.24, 2.45) is 5.10 Å². The Bertz CT molecular complexity index is 982. The molecule has 0 fully saturated rings. The van der Waals surface area contributed by atoms with Crippen LogP contribution in [0, 0.1) is 0 Å². The highest BCUT2D eigenvalue weighted by atomic mass is 16.3. The Labute approximate surface area is 162 Å². The van der Waals surface area contributed by atoms with Gasteiger partial charge in [-0.25, -0.2) is 0 Å². The number of nitrogens with one attached hydrogen (secondary N) is 1. The first-order chi connectivity index (χ1) is 13.4. The fourth-order valence-electron chi connectivity index (χ4n) is 3.57. The van der Waals surface area contributed by atoms with E-state index in [2.05, 4.69) is 20.6 Å². The number of carbonyl (C=O) groups is 2. The smallest absolute Gasteiger partial charge is 0.285 e. The van der Waals surface area contributed by atoms with Gasteiger partial charge < -0.3 is 15.0 Å². The SMILES string of the molecule is CC[C@@]1(O)C(=O)N(c2cccc(C(=O)NCc3nnc4n3CCC4)c2)N=C1C. The Morgan fingerprint density at radius 2 is 2.18 bits per heavy atom. The van der Waals surface area contributed by atoms with Crippen molar-refractivity contribution in [3.63, 3.8) is 0 Å². The normalized spacial score (nSPS) is 21.0. The number of aryl methyl sites for hydroxylation is 1. The molecule has 4 rings (SSSR count). The summed E-state index contributed by atoms with van der Waals surface area (Å²) in [4.78, 5) is 25.2. The van der Waals surface area contributed by atoms with Gasteiger partial charge in [-0.3, -0.25) is 9.59 Å². The summed E-state index contributed by atoms with van der Waals surface area (Å²) < 4.78 is 2.03. The van der Waals surface area contributed by atoms with Gasteiger partial charge >= 0.3 is 0 Å². The van der Waals surface area contributed by atoms with Crippen LogP contribution in [-0.4, -0.2) is 43.0 Å². The zero-order valence-corrected chi connectivity index (χ0v) is 15.8. The molecule has 9 nitrogen and oxygen atoms in total. The molecule has 2 N–H and O–H groups in total. The molecule has 9 heteroatoms. The second-order valence-corrected chi connectivity index (χ2v) is 7.04. The second-order valence-electron chi connectivity index (χ2n) is 7.04. The Kier molecular flexibility index (Phi) is 4.46. The number of anilines is 1. The highest BCUT2D eigenvalue weighted by Gasteiger charge is 2.46. The zero-order chi connectivity index (χ0) is 19.9. The maximum atomic E-state index is 12.6. The fraction of sp³-hybridized carbons (Fsp3) is 0.421. The molecule has 1 atom stereocenters. The molecule has 1 aromatic carbocycles. The van der Waals surface area contributed by atoms with Crippen molar-refractivity contribution < 1.29 is 14.7 Å². The van der Waals surface area contributed by atoms with Crippen molar-refractivity contribution in [1.29, 1.82) is 0 Å². The van der Waals surface area contributed by atoms with Crippen LogP contribution >= 0.6 is 0 Å². The Morgan fingerprint density at radius 1 is 1.36 bits per heavy atom. The molecule has 2 aromatic rings. The average molecular weight is 382 g/mol. The lowest BCUT2D eigenvalue weighted by atomic mass is 9.95. The molecule has 0 aliphatic carbocycles. The van der Waals surface area contributed by atoms with Gasteiger partial charge in [-0.05, 0) is 38.0 Å². The van der Waals surface area contributed by atoms with Crippen LogP contribution in [0.15, 0.2) is 29.4 Å². The molecule has 0 saturated heterocycles. The van der Waals surface area contributed by atoms with Crippen molar-refractivity contribution >= 4 is 23.2 Å². The fourth-order valence-corrected chi connectivity index (χ4v) is 3.57. The molecule has 2 aliphatic rings. The lowest BCUT2D eigenvalue weighted by Crippen LogP contribution is -2.45. The Morgan fingerprint density at radius 3 is 2.93 bits per heavy atom. The van der Waals surface area contributed by atoms with E-state index < -0.39 is 11.5 Å². The van der Waals surface area contributed by atoms with Crippen LogP contribution in [0.1, 0.15) is 48.7 Å². The topological polar surface area (TPSA) is 113 Å². The van der Waals surface area contributed by atoms with Gasteiger partial charge in [0.15, 0.2) is 11.4 Å². The number of amides is 2. The molecule has 2 amide bonds. The molecule has 0 saturated carbocycles. The summed E-state index contributed by atoms with van der Waals surface area (Å²) in [5.74, 6) is 0.898. The van der Waals surface area contributed by atoms with Crippen LogP contribution < -0.4 is 10.3 Å². The maximum Gasteiger partial charge on any atom is 0.285 e. The molecule has 2 aliphatic heterocycles. The minimum atomic E-state index is -1.59. The van der Waals surface area contributed by atoms with Crippen LogP contribution in [0.3, 0.4) is 0 Å². The number of hydrazone groups is 1. The zero-order valence-electron chi connectivity index (χ0n) is 15.8. The Hall–Kier alpha value is -3.07. The largest absolute Gasteiger partial charge is 0.374 e. The monoisotopic (exact) mass is 382 g/mol. The summed E-state index contributed by atoms with van der Waals surface area (Å²) in [5.41, 5.74) is -0.418. The summed E-state index contributed by atoms with van der Waals surface area (Å²) in [6.45, 7) is 4.50. The van der Waals surface area contributed by atoms with Crippen LogP contribution in [0.25, 0.3) is 0 Å². The number of rotatable bonds is 5. The molecular formula is C19H22N6O3.